The summed E-state index contributed by atoms with van der Waals surface area (Å²) in [4.78, 5) is 20.1. The molecule has 7 aromatic carbocycles. The van der Waals surface area contributed by atoms with Gasteiger partial charge in [-0.15, -0.1) is 11.3 Å². The summed E-state index contributed by atoms with van der Waals surface area (Å²) in [5.74, 6) is 1.95. The summed E-state index contributed by atoms with van der Waals surface area (Å²) in [5, 5.41) is 5.11. The Morgan fingerprint density at radius 3 is 2.04 bits per heavy atom. The van der Waals surface area contributed by atoms with Crippen molar-refractivity contribution in [2.45, 2.75) is 6.42 Å². The van der Waals surface area contributed by atoms with E-state index in [1.54, 1.807) is 0 Å². The summed E-state index contributed by atoms with van der Waals surface area (Å²) in [6.07, 6.45) is 5.15. The van der Waals surface area contributed by atoms with E-state index < -0.39 is 0 Å². The Balaban J connectivity index is 1.11. The van der Waals surface area contributed by atoms with Gasteiger partial charge in [0.15, 0.2) is 17.5 Å². The van der Waals surface area contributed by atoms with Crippen LogP contribution in [0, 0.1) is 0 Å². The van der Waals surface area contributed by atoms with Gasteiger partial charge in [-0.25, -0.2) is 15.0 Å². The number of fused-ring (bicyclic) bond motifs is 7. The molecule has 12 rings (SSSR count). The van der Waals surface area contributed by atoms with Crippen LogP contribution in [-0.4, -0.2) is 19.9 Å². The molecule has 0 radical (unpaired) electrons. The van der Waals surface area contributed by atoms with Gasteiger partial charge in [-0.1, -0.05) is 140 Å². The van der Waals surface area contributed by atoms with Crippen molar-refractivity contribution in [1.82, 2.24) is 19.9 Å². The molecule has 0 saturated heterocycles. The highest BCUT2D eigenvalue weighted by Crippen LogP contribution is 2.52. The molecular formula is C51H30N4S. The monoisotopic (exact) mass is 730 g/mol. The molecule has 0 N–H and O–H groups in total. The highest BCUT2D eigenvalue weighted by molar-refractivity contribution is 7.26. The number of benzene rings is 7. The number of rotatable bonds is 4. The summed E-state index contributed by atoms with van der Waals surface area (Å²) < 4.78 is 2.43. The SMILES string of the molecule is C1=C2/Cc3c(cccc3-c3cccc4sc5c(-c6nc(-c7ccccc7)nc(-c7ccc(-c8ccccn8)cc7)n6)ccc/1c5c34)-c1c2ccc2ccccc12. The molecule has 0 fully saturated rings. The van der Waals surface area contributed by atoms with Gasteiger partial charge in [0.05, 0.1) is 5.69 Å². The van der Waals surface area contributed by atoms with Gasteiger partial charge in [0.2, 0.25) is 0 Å². The molecule has 4 nitrogen and oxygen atoms in total. The van der Waals surface area contributed by atoms with Gasteiger partial charge in [-0.05, 0) is 86.0 Å². The van der Waals surface area contributed by atoms with Crippen LogP contribution in [0.1, 0.15) is 16.7 Å². The minimum absolute atomic E-state index is 0.636. The smallest absolute Gasteiger partial charge is 0.165 e. The zero-order valence-corrected chi connectivity index (χ0v) is 30.9. The van der Waals surface area contributed by atoms with E-state index in [2.05, 4.69) is 132 Å². The predicted molar refractivity (Wildman–Crippen MR) is 232 cm³/mol. The molecule has 0 saturated carbocycles. The highest BCUT2D eigenvalue weighted by Gasteiger charge is 2.28. The maximum atomic E-state index is 5.24. The summed E-state index contributed by atoms with van der Waals surface area (Å²) in [7, 11) is 0. The standard InChI is InChI=1S/C51H30N4S/c1-2-11-32(12-3-1)49-53-50(33-21-19-31(20-22-33)43-17-6-7-27-52-43)55-51(54-49)41-26-24-34-28-35-29-42-38(39-16-9-18-44-47(39)45(34)48(41)56-44)14-8-15-40(42)46-36-13-5-4-10-30(36)23-25-37(35)46/h1-28H,29H2/b35-28-. The van der Waals surface area contributed by atoms with Crippen molar-refractivity contribution in [2.75, 3.05) is 0 Å². The number of nitrogens with zero attached hydrogens (tertiary/aromatic N) is 4. The molecule has 0 unspecified atom stereocenters. The molecule has 260 valence electrons. The summed E-state index contributed by atoms with van der Waals surface area (Å²) in [6, 6.07) is 56.1. The second-order valence-corrected chi connectivity index (χ2v) is 15.6. The lowest BCUT2D eigenvalue weighted by Crippen LogP contribution is -2.05. The second-order valence-electron chi connectivity index (χ2n) is 14.5. The van der Waals surface area contributed by atoms with Crippen molar-refractivity contribution in [3.8, 4) is 67.7 Å². The van der Waals surface area contributed by atoms with Crippen LogP contribution in [0.2, 0.25) is 0 Å². The minimum atomic E-state index is 0.636. The molecule has 0 atom stereocenters. The predicted octanol–water partition coefficient (Wildman–Crippen LogP) is 13.2. The summed E-state index contributed by atoms with van der Waals surface area (Å²) in [6.45, 7) is 0. The first-order chi connectivity index (χ1) is 27.7. The van der Waals surface area contributed by atoms with Crippen molar-refractivity contribution < 1.29 is 0 Å². The lowest BCUT2D eigenvalue weighted by Gasteiger charge is -2.26. The van der Waals surface area contributed by atoms with Gasteiger partial charge in [0.1, 0.15) is 0 Å². The Morgan fingerprint density at radius 1 is 0.464 bits per heavy atom. The first-order valence-corrected chi connectivity index (χ1v) is 19.7. The van der Waals surface area contributed by atoms with Crippen LogP contribution in [0.15, 0.2) is 164 Å². The van der Waals surface area contributed by atoms with E-state index in [0.717, 1.165) is 34.4 Å². The van der Waals surface area contributed by atoms with Crippen molar-refractivity contribution >= 4 is 53.9 Å². The zero-order valence-electron chi connectivity index (χ0n) is 30.1. The van der Waals surface area contributed by atoms with Crippen LogP contribution in [-0.2, 0) is 6.42 Å². The maximum Gasteiger partial charge on any atom is 0.165 e. The molecule has 0 aliphatic heterocycles. The fourth-order valence-corrected chi connectivity index (χ4v) is 10.1. The van der Waals surface area contributed by atoms with Crippen LogP contribution in [0.4, 0.5) is 0 Å². The number of pyridine rings is 1. The van der Waals surface area contributed by atoms with Crippen LogP contribution in [0.25, 0.3) is 110 Å². The number of hydrogen-bond donors (Lipinski definition) is 0. The molecule has 5 heteroatoms. The number of thiophene rings is 1. The molecule has 2 aliphatic carbocycles. The first-order valence-electron chi connectivity index (χ1n) is 18.9. The van der Waals surface area contributed by atoms with E-state index in [-0.39, 0.29) is 0 Å². The summed E-state index contributed by atoms with van der Waals surface area (Å²) >= 11 is 1.83. The van der Waals surface area contributed by atoms with Gasteiger partial charge in [-0.3, -0.25) is 4.98 Å². The number of hydrogen-bond acceptors (Lipinski definition) is 5. The minimum Gasteiger partial charge on any atom is -0.256 e. The van der Waals surface area contributed by atoms with Gasteiger partial charge in [0, 0.05) is 48.6 Å². The van der Waals surface area contributed by atoms with Gasteiger partial charge < -0.3 is 0 Å². The summed E-state index contributed by atoms with van der Waals surface area (Å²) in [5.41, 5.74) is 15.4. The van der Waals surface area contributed by atoms with Crippen molar-refractivity contribution in [1.29, 1.82) is 0 Å². The highest BCUT2D eigenvalue weighted by atomic mass is 32.1. The van der Waals surface area contributed by atoms with E-state index in [0.29, 0.717) is 17.5 Å². The topological polar surface area (TPSA) is 51.6 Å². The van der Waals surface area contributed by atoms with Gasteiger partial charge in [0.25, 0.3) is 0 Å². The first kappa shape index (κ1) is 31.3. The third kappa shape index (κ3) is 4.78. The molecule has 56 heavy (non-hydrogen) atoms. The molecule has 3 heterocycles. The normalized spacial score (nSPS) is 13.6. The van der Waals surface area contributed by atoms with Crippen molar-refractivity contribution in [3.63, 3.8) is 0 Å². The zero-order chi connectivity index (χ0) is 36.7. The van der Waals surface area contributed by atoms with Crippen LogP contribution in [0.5, 0.6) is 0 Å². The van der Waals surface area contributed by atoms with E-state index in [9.17, 15) is 0 Å². The van der Waals surface area contributed by atoms with E-state index >= 15 is 0 Å². The molecule has 2 bridgehead atoms. The van der Waals surface area contributed by atoms with Gasteiger partial charge in [-0.2, -0.15) is 0 Å². The quantitative estimate of drug-likeness (QED) is 0.181. The molecule has 3 aromatic heterocycles. The lowest BCUT2D eigenvalue weighted by atomic mass is 9.77. The molecule has 0 amide bonds. The van der Waals surface area contributed by atoms with Crippen LogP contribution >= 0.6 is 11.3 Å². The maximum absolute atomic E-state index is 5.24. The van der Waals surface area contributed by atoms with E-state index in [1.807, 2.05) is 53.9 Å². The Hall–Kier alpha value is -7.08. The average Bonchev–Trinajstić information content (AvgIpc) is 3.69. The molecule has 2 aliphatic rings. The van der Waals surface area contributed by atoms with Crippen molar-refractivity contribution in [2.24, 2.45) is 0 Å². The van der Waals surface area contributed by atoms with Gasteiger partial charge >= 0.3 is 0 Å². The molecular weight excluding hydrogens is 701 g/mol. The Morgan fingerprint density at radius 2 is 1.18 bits per heavy atom. The third-order valence-electron chi connectivity index (χ3n) is 11.4. The number of aromatic nitrogens is 4. The van der Waals surface area contributed by atoms with E-state index in [4.69, 9.17) is 15.0 Å². The molecule has 10 aromatic rings. The number of allylic oxidation sites excluding steroid dienone is 1. The van der Waals surface area contributed by atoms with Crippen molar-refractivity contribution in [3.05, 3.63) is 181 Å². The second kappa shape index (κ2) is 12.2. The lowest BCUT2D eigenvalue weighted by molar-refractivity contribution is 1.08. The fourth-order valence-electron chi connectivity index (χ4n) is 8.83. The third-order valence-corrected chi connectivity index (χ3v) is 12.6. The largest absolute Gasteiger partial charge is 0.256 e. The Bertz CT molecular complexity index is 3260. The average molecular weight is 731 g/mol. The van der Waals surface area contributed by atoms with E-state index in [1.165, 1.54) is 75.5 Å². The molecule has 0 spiro atoms. The van der Waals surface area contributed by atoms with Crippen LogP contribution < -0.4 is 0 Å². The Kier molecular flexibility index (Phi) is 6.83. The van der Waals surface area contributed by atoms with Crippen LogP contribution in [0.3, 0.4) is 0 Å². The fraction of sp³-hybridized carbons (Fsp3) is 0.0196. The Labute approximate surface area is 327 Å².